The van der Waals surface area contributed by atoms with Gasteiger partial charge in [0.25, 0.3) is 5.91 Å². The number of carbonyl (C=O) groups excluding carboxylic acids is 1. The van der Waals surface area contributed by atoms with Crippen LogP contribution in [0, 0.1) is 12.7 Å². The van der Waals surface area contributed by atoms with E-state index in [2.05, 4.69) is 10.4 Å². The van der Waals surface area contributed by atoms with E-state index in [0.29, 0.717) is 17.8 Å². The molecule has 1 aliphatic heterocycles. The number of hydrogen-bond donors (Lipinski definition) is 1. The molecule has 0 aliphatic carbocycles. The first kappa shape index (κ1) is 16.9. The molecule has 0 saturated carbocycles. The first-order valence-electron chi connectivity index (χ1n) is 7.28. The summed E-state index contributed by atoms with van der Waals surface area (Å²) < 4.78 is 37.9. The summed E-state index contributed by atoms with van der Waals surface area (Å²) in [5.74, 6) is -0.880. The normalized spacial score (nSPS) is 19.4. The predicted octanol–water partition coefficient (Wildman–Crippen LogP) is 2.60. The maximum atomic E-state index is 13.1. The minimum Gasteiger partial charge on any atom is -0.321 e. The molecule has 3 rings (SSSR count). The number of amides is 1. The van der Waals surface area contributed by atoms with Crippen LogP contribution in [0.15, 0.2) is 24.3 Å². The van der Waals surface area contributed by atoms with Crippen LogP contribution in [0.2, 0.25) is 5.02 Å². The van der Waals surface area contributed by atoms with Crippen LogP contribution in [0.3, 0.4) is 0 Å². The number of aryl methyl sites for hydroxylation is 1. The Morgan fingerprint density at radius 1 is 1.42 bits per heavy atom. The van der Waals surface area contributed by atoms with Crippen molar-refractivity contribution in [1.82, 2.24) is 9.78 Å². The third kappa shape index (κ3) is 3.44. The van der Waals surface area contributed by atoms with Gasteiger partial charge in [-0.3, -0.25) is 9.48 Å². The largest absolute Gasteiger partial charge is 0.321 e. The van der Waals surface area contributed by atoms with Gasteiger partial charge in [0.05, 0.1) is 22.6 Å². The third-order valence-electron chi connectivity index (χ3n) is 3.89. The van der Waals surface area contributed by atoms with Crippen molar-refractivity contribution in [3.8, 4) is 0 Å². The standard InChI is InChI=1S/C15H15ClFN3O3S/c1-9-6-14(19-20(9)11-4-5-24(22,23)8-11)15(21)18-10-2-3-13(17)12(16)7-10/h2-3,6-7,11H,4-5,8H2,1H3,(H,18,21). The fourth-order valence-corrected chi connectivity index (χ4v) is 4.58. The van der Waals surface area contributed by atoms with E-state index in [1.807, 2.05) is 0 Å². The van der Waals surface area contributed by atoms with Gasteiger partial charge in [-0.15, -0.1) is 0 Å². The Morgan fingerprint density at radius 2 is 2.17 bits per heavy atom. The van der Waals surface area contributed by atoms with Crippen LogP contribution in [0.25, 0.3) is 0 Å². The Hall–Kier alpha value is -1.93. The van der Waals surface area contributed by atoms with Gasteiger partial charge in [0, 0.05) is 11.4 Å². The minimum atomic E-state index is -3.04. The van der Waals surface area contributed by atoms with Crippen LogP contribution < -0.4 is 5.32 Å². The number of benzene rings is 1. The summed E-state index contributed by atoms with van der Waals surface area (Å²) >= 11 is 5.68. The highest BCUT2D eigenvalue weighted by atomic mass is 35.5. The summed E-state index contributed by atoms with van der Waals surface area (Å²) in [6.45, 7) is 1.77. The molecule has 2 aromatic rings. The number of nitrogens with one attached hydrogen (secondary N) is 1. The SMILES string of the molecule is Cc1cc(C(=O)Nc2ccc(F)c(Cl)c2)nn1C1CCS(=O)(=O)C1. The van der Waals surface area contributed by atoms with Gasteiger partial charge in [0.1, 0.15) is 5.82 Å². The van der Waals surface area contributed by atoms with Crippen LogP contribution in [0.1, 0.15) is 28.6 Å². The molecule has 1 aromatic carbocycles. The maximum absolute atomic E-state index is 13.1. The Bertz CT molecular complexity index is 911. The molecule has 1 aromatic heterocycles. The van der Waals surface area contributed by atoms with Crippen molar-refractivity contribution in [2.45, 2.75) is 19.4 Å². The van der Waals surface area contributed by atoms with E-state index in [0.717, 1.165) is 6.07 Å². The van der Waals surface area contributed by atoms with Crippen LogP contribution in [-0.4, -0.2) is 35.6 Å². The highest BCUT2D eigenvalue weighted by molar-refractivity contribution is 7.91. The number of carbonyl (C=O) groups is 1. The average molecular weight is 372 g/mol. The Kier molecular flexibility index (Phi) is 4.35. The predicted molar refractivity (Wildman–Crippen MR) is 88.6 cm³/mol. The van der Waals surface area contributed by atoms with Crippen LogP contribution >= 0.6 is 11.6 Å². The van der Waals surface area contributed by atoms with Crippen molar-refractivity contribution in [2.24, 2.45) is 0 Å². The molecule has 6 nitrogen and oxygen atoms in total. The minimum absolute atomic E-state index is 0.0319. The van der Waals surface area contributed by atoms with E-state index in [1.165, 1.54) is 12.1 Å². The molecule has 24 heavy (non-hydrogen) atoms. The zero-order valence-corrected chi connectivity index (χ0v) is 14.4. The second kappa shape index (κ2) is 6.18. The van der Waals surface area contributed by atoms with Crippen molar-refractivity contribution in [3.05, 3.63) is 46.5 Å². The highest BCUT2D eigenvalue weighted by Crippen LogP contribution is 2.25. The fourth-order valence-electron chi connectivity index (χ4n) is 2.71. The van der Waals surface area contributed by atoms with E-state index in [4.69, 9.17) is 11.6 Å². The molecule has 128 valence electrons. The first-order chi connectivity index (χ1) is 11.2. The topological polar surface area (TPSA) is 81.1 Å². The van der Waals surface area contributed by atoms with Gasteiger partial charge in [0.15, 0.2) is 15.5 Å². The number of anilines is 1. The lowest BCUT2D eigenvalue weighted by Gasteiger charge is -2.10. The van der Waals surface area contributed by atoms with Crippen molar-refractivity contribution in [1.29, 1.82) is 0 Å². The summed E-state index contributed by atoms with van der Waals surface area (Å²) in [5.41, 5.74) is 1.22. The lowest BCUT2D eigenvalue weighted by atomic mass is 10.2. The highest BCUT2D eigenvalue weighted by Gasteiger charge is 2.31. The molecule has 1 amide bonds. The van der Waals surface area contributed by atoms with Crippen molar-refractivity contribution >= 4 is 33.0 Å². The van der Waals surface area contributed by atoms with Gasteiger partial charge in [-0.1, -0.05) is 11.6 Å². The first-order valence-corrected chi connectivity index (χ1v) is 9.48. The molecule has 1 aliphatic rings. The van der Waals surface area contributed by atoms with Crippen LogP contribution in [0.4, 0.5) is 10.1 Å². The summed E-state index contributed by atoms with van der Waals surface area (Å²) in [6.07, 6.45) is 0.486. The summed E-state index contributed by atoms with van der Waals surface area (Å²) in [5, 5.41) is 6.72. The van der Waals surface area contributed by atoms with Gasteiger partial charge >= 0.3 is 0 Å². The average Bonchev–Trinajstić information content (AvgIpc) is 3.05. The molecule has 1 unspecified atom stereocenters. The van der Waals surface area contributed by atoms with E-state index in [9.17, 15) is 17.6 Å². The summed E-state index contributed by atoms with van der Waals surface area (Å²) in [6, 6.07) is 5.20. The van der Waals surface area contributed by atoms with Gasteiger partial charge in [-0.2, -0.15) is 5.10 Å². The number of hydrogen-bond acceptors (Lipinski definition) is 4. The molecule has 1 atom stereocenters. The second-order valence-electron chi connectivity index (χ2n) is 5.76. The molecule has 0 bridgehead atoms. The number of aromatic nitrogens is 2. The van der Waals surface area contributed by atoms with Gasteiger partial charge in [-0.25, -0.2) is 12.8 Å². The third-order valence-corrected chi connectivity index (χ3v) is 5.93. The molecular formula is C15H15ClFN3O3S. The Morgan fingerprint density at radius 3 is 2.79 bits per heavy atom. The lowest BCUT2D eigenvalue weighted by Crippen LogP contribution is -2.16. The zero-order valence-electron chi connectivity index (χ0n) is 12.8. The number of halogens is 2. The Balaban J connectivity index is 1.79. The van der Waals surface area contributed by atoms with Gasteiger partial charge < -0.3 is 5.32 Å². The summed E-state index contributed by atoms with van der Waals surface area (Å²) in [4.78, 5) is 12.3. The molecular weight excluding hydrogens is 357 g/mol. The van der Waals surface area contributed by atoms with E-state index in [-0.39, 0.29) is 28.3 Å². The molecule has 2 heterocycles. The van der Waals surface area contributed by atoms with Crippen molar-refractivity contribution in [2.75, 3.05) is 16.8 Å². The smallest absolute Gasteiger partial charge is 0.276 e. The fraction of sp³-hybridized carbons (Fsp3) is 0.333. The van der Waals surface area contributed by atoms with Crippen molar-refractivity contribution < 1.29 is 17.6 Å². The number of rotatable bonds is 3. The Labute approximate surface area is 143 Å². The van der Waals surface area contributed by atoms with Crippen LogP contribution in [0.5, 0.6) is 0 Å². The van der Waals surface area contributed by atoms with Crippen molar-refractivity contribution in [3.63, 3.8) is 0 Å². The van der Waals surface area contributed by atoms with E-state index < -0.39 is 21.6 Å². The molecule has 1 saturated heterocycles. The molecule has 0 spiro atoms. The zero-order chi connectivity index (χ0) is 17.5. The monoisotopic (exact) mass is 371 g/mol. The number of nitrogens with zero attached hydrogens (tertiary/aromatic N) is 2. The van der Waals surface area contributed by atoms with Gasteiger partial charge in [-0.05, 0) is 37.6 Å². The maximum Gasteiger partial charge on any atom is 0.276 e. The molecule has 9 heteroatoms. The summed E-state index contributed by atoms with van der Waals surface area (Å²) in [7, 11) is -3.04. The van der Waals surface area contributed by atoms with E-state index >= 15 is 0 Å². The molecule has 1 N–H and O–H groups in total. The quantitative estimate of drug-likeness (QED) is 0.899. The molecule has 1 fully saturated rings. The second-order valence-corrected chi connectivity index (χ2v) is 8.39. The van der Waals surface area contributed by atoms with Crippen LogP contribution in [-0.2, 0) is 9.84 Å². The number of sulfone groups is 1. The lowest BCUT2D eigenvalue weighted by molar-refractivity contribution is 0.102. The van der Waals surface area contributed by atoms with Gasteiger partial charge in [0.2, 0.25) is 0 Å². The molecule has 0 radical (unpaired) electrons. The van der Waals surface area contributed by atoms with E-state index in [1.54, 1.807) is 17.7 Å².